The lowest BCUT2D eigenvalue weighted by Gasteiger charge is -2.09. The van der Waals surface area contributed by atoms with E-state index in [0.29, 0.717) is 5.25 Å². The van der Waals surface area contributed by atoms with E-state index in [4.69, 9.17) is 0 Å². The number of rotatable bonds is 2. The molecule has 2 heterocycles. The molecule has 0 fully saturated rings. The fourth-order valence-corrected chi connectivity index (χ4v) is 2.81. The second-order valence-corrected chi connectivity index (χ2v) is 4.93. The van der Waals surface area contributed by atoms with Gasteiger partial charge in [-0.25, -0.2) is 0 Å². The first-order valence-corrected chi connectivity index (χ1v) is 5.96. The molecular formula is C12H15NS. The van der Waals surface area contributed by atoms with Crippen molar-refractivity contribution < 1.29 is 0 Å². The van der Waals surface area contributed by atoms with Gasteiger partial charge in [0.15, 0.2) is 0 Å². The third-order valence-electron chi connectivity index (χ3n) is 2.51. The smallest absolute Gasteiger partial charge is 0.0391 e. The molecule has 1 nitrogen and oxygen atoms in total. The van der Waals surface area contributed by atoms with Gasteiger partial charge in [0.05, 0.1) is 0 Å². The molecule has 0 aromatic carbocycles. The molecule has 1 unspecified atom stereocenters. The molecule has 1 aromatic heterocycles. The first-order chi connectivity index (χ1) is 6.79. The van der Waals surface area contributed by atoms with Crippen molar-refractivity contribution >= 4 is 11.8 Å². The lowest BCUT2D eigenvalue weighted by Crippen LogP contribution is -1.91. The molecule has 14 heavy (non-hydrogen) atoms. The Balaban J connectivity index is 2.08. The molecule has 2 rings (SSSR count). The van der Waals surface area contributed by atoms with Crippen molar-refractivity contribution in [1.29, 1.82) is 0 Å². The summed E-state index contributed by atoms with van der Waals surface area (Å²) in [4.78, 5) is 5.86. The number of hydrogen-bond donors (Lipinski definition) is 0. The summed E-state index contributed by atoms with van der Waals surface area (Å²) >= 11 is 1.99. The molecular weight excluding hydrogens is 190 g/mol. The molecule has 0 radical (unpaired) electrons. The van der Waals surface area contributed by atoms with E-state index in [-0.39, 0.29) is 0 Å². The number of nitrogens with zero attached hydrogens (tertiary/aromatic N) is 1. The fourth-order valence-electron chi connectivity index (χ4n) is 1.62. The van der Waals surface area contributed by atoms with Crippen LogP contribution in [-0.4, -0.2) is 4.98 Å². The minimum Gasteiger partial charge on any atom is -0.261 e. The van der Waals surface area contributed by atoms with Crippen molar-refractivity contribution in [3.63, 3.8) is 0 Å². The van der Waals surface area contributed by atoms with E-state index in [2.05, 4.69) is 30.1 Å². The van der Waals surface area contributed by atoms with Crippen molar-refractivity contribution in [3.8, 4) is 0 Å². The minimum atomic E-state index is 0.609. The molecule has 2 heteroatoms. The van der Waals surface area contributed by atoms with Crippen LogP contribution in [0, 0.1) is 6.92 Å². The van der Waals surface area contributed by atoms with Crippen LogP contribution in [0.5, 0.6) is 0 Å². The zero-order valence-corrected chi connectivity index (χ0v) is 9.47. The van der Waals surface area contributed by atoms with Gasteiger partial charge in [0, 0.05) is 17.1 Å². The average molecular weight is 205 g/mol. The van der Waals surface area contributed by atoms with Crippen LogP contribution in [0.1, 0.15) is 36.3 Å². The quantitative estimate of drug-likeness (QED) is 0.727. The summed E-state index contributed by atoms with van der Waals surface area (Å²) in [5.74, 6) is 0. The highest BCUT2D eigenvalue weighted by molar-refractivity contribution is 8.03. The molecule has 0 bridgehead atoms. The Morgan fingerprint density at radius 1 is 1.50 bits per heavy atom. The molecule has 74 valence electrons. The van der Waals surface area contributed by atoms with Gasteiger partial charge in [-0.1, -0.05) is 19.1 Å². The molecule has 0 aliphatic carbocycles. The fraction of sp³-hybridized carbons (Fsp3) is 0.417. The SMILES string of the molecule is CCC1=CCC(c2ccc(C)nc2)S1. The lowest BCUT2D eigenvalue weighted by atomic mass is 10.1. The number of hydrogen-bond acceptors (Lipinski definition) is 2. The van der Waals surface area contributed by atoms with Crippen LogP contribution in [0.3, 0.4) is 0 Å². The number of aryl methyl sites for hydroxylation is 1. The molecule has 0 saturated carbocycles. The summed E-state index contributed by atoms with van der Waals surface area (Å²) in [6.07, 6.45) is 6.70. The summed E-state index contributed by atoms with van der Waals surface area (Å²) < 4.78 is 0. The van der Waals surface area contributed by atoms with Gasteiger partial charge in [0.1, 0.15) is 0 Å². The third kappa shape index (κ3) is 2.01. The Labute approximate surface area is 89.6 Å². The number of pyridine rings is 1. The van der Waals surface area contributed by atoms with Crippen LogP contribution in [0.25, 0.3) is 0 Å². The van der Waals surface area contributed by atoms with E-state index in [1.54, 1.807) is 0 Å². The van der Waals surface area contributed by atoms with Gasteiger partial charge in [-0.3, -0.25) is 4.98 Å². The Morgan fingerprint density at radius 2 is 2.36 bits per heavy atom. The predicted octanol–water partition coefficient (Wildman–Crippen LogP) is 3.86. The largest absolute Gasteiger partial charge is 0.261 e. The van der Waals surface area contributed by atoms with Crippen molar-refractivity contribution in [3.05, 3.63) is 40.6 Å². The maximum Gasteiger partial charge on any atom is 0.0391 e. The standard InChI is InChI=1S/C12H15NS/c1-3-11-6-7-12(14-11)10-5-4-9(2)13-8-10/h4-6,8,12H,3,7H2,1-2H3. The van der Waals surface area contributed by atoms with E-state index >= 15 is 0 Å². The summed E-state index contributed by atoms with van der Waals surface area (Å²) in [7, 11) is 0. The first kappa shape index (κ1) is 9.78. The van der Waals surface area contributed by atoms with Crippen LogP contribution in [0.15, 0.2) is 29.3 Å². The molecule has 1 aliphatic heterocycles. The lowest BCUT2D eigenvalue weighted by molar-refractivity contribution is 0.968. The first-order valence-electron chi connectivity index (χ1n) is 5.08. The van der Waals surface area contributed by atoms with Gasteiger partial charge < -0.3 is 0 Å². The van der Waals surface area contributed by atoms with Crippen molar-refractivity contribution in [2.75, 3.05) is 0 Å². The Kier molecular flexibility index (Phi) is 2.92. The average Bonchev–Trinajstić information content (AvgIpc) is 2.67. The van der Waals surface area contributed by atoms with Crippen molar-refractivity contribution in [2.24, 2.45) is 0 Å². The Morgan fingerprint density at radius 3 is 2.93 bits per heavy atom. The third-order valence-corrected chi connectivity index (χ3v) is 4.01. The summed E-state index contributed by atoms with van der Waals surface area (Å²) in [6.45, 7) is 4.25. The summed E-state index contributed by atoms with van der Waals surface area (Å²) in [5.41, 5.74) is 2.46. The molecule has 0 spiro atoms. The minimum absolute atomic E-state index is 0.609. The zero-order chi connectivity index (χ0) is 9.97. The van der Waals surface area contributed by atoms with Crippen LogP contribution < -0.4 is 0 Å². The second kappa shape index (κ2) is 4.18. The number of thioether (sulfide) groups is 1. The van der Waals surface area contributed by atoms with Gasteiger partial charge in [0.25, 0.3) is 0 Å². The van der Waals surface area contributed by atoms with E-state index < -0.39 is 0 Å². The second-order valence-electron chi connectivity index (χ2n) is 3.60. The highest BCUT2D eigenvalue weighted by Crippen LogP contribution is 2.44. The van der Waals surface area contributed by atoms with Gasteiger partial charge in [-0.2, -0.15) is 0 Å². The van der Waals surface area contributed by atoms with Gasteiger partial charge >= 0.3 is 0 Å². The Hall–Kier alpha value is -0.760. The Bertz CT molecular complexity index is 340. The molecule has 0 amide bonds. The van der Waals surface area contributed by atoms with E-state index in [9.17, 15) is 0 Å². The predicted molar refractivity (Wildman–Crippen MR) is 62.3 cm³/mol. The van der Waals surface area contributed by atoms with E-state index in [1.807, 2.05) is 24.9 Å². The zero-order valence-electron chi connectivity index (χ0n) is 8.66. The summed E-state index contributed by atoms with van der Waals surface area (Å²) in [6, 6.07) is 4.30. The maximum absolute atomic E-state index is 4.34. The van der Waals surface area contributed by atoms with E-state index in [1.165, 1.54) is 23.3 Å². The van der Waals surface area contributed by atoms with Crippen molar-refractivity contribution in [2.45, 2.75) is 31.9 Å². The van der Waals surface area contributed by atoms with Crippen molar-refractivity contribution in [1.82, 2.24) is 4.98 Å². The number of allylic oxidation sites excluding steroid dienone is 2. The molecule has 1 atom stereocenters. The maximum atomic E-state index is 4.34. The highest BCUT2D eigenvalue weighted by Gasteiger charge is 2.18. The van der Waals surface area contributed by atoms with Gasteiger partial charge in [0.2, 0.25) is 0 Å². The van der Waals surface area contributed by atoms with Crippen LogP contribution in [0.2, 0.25) is 0 Å². The van der Waals surface area contributed by atoms with Gasteiger partial charge in [-0.05, 0) is 36.3 Å². The van der Waals surface area contributed by atoms with Crippen LogP contribution >= 0.6 is 11.8 Å². The van der Waals surface area contributed by atoms with Gasteiger partial charge in [-0.15, -0.1) is 11.8 Å². The monoisotopic (exact) mass is 205 g/mol. The molecule has 0 N–H and O–H groups in total. The van der Waals surface area contributed by atoms with E-state index in [0.717, 1.165) is 5.69 Å². The van der Waals surface area contributed by atoms with Crippen LogP contribution in [0.4, 0.5) is 0 Å². The van der Waals surface area contributed by atoms with Crippen LogP contribution in [-0.2, 0) is 0 Å². The molecule has 1 aromatic rings. The summed E-state index contributed by atoms with van der Waals surface area (Å²) in [5, 5.41) is 0.609. The topological polar surface area (TPSA) is 12.9 Å². The normalized spacial score (nSPS) is 21.0. The number of aromatic nitrogens is 1. The molecule has 0 saturated heterocycles. The highest BCUT2D eigenvalue weighted by atomic mass is 32.2. The molecule has 1 aliphatic rings.